The van der Waals surface area contributed by atoms with Crippen molar-refractivity contribution < 1.29 is 12.8 Å². The molecular weight excluding hydrogens is 329 g/mol. The van der Waals surface area contributed by atoms with E-state index in [4.69, 9.17) is 5.73 Å². The SMILES string of the molecule is CC(N)c1cc(-c2ccccc2F)n(S(=O)(=O)c2cccnc2)c1. The van der Waals surface area contributed by atoms with Gasteiger partial charge in [0.15, 0.2) is 0 Å². The largest absolute Gasteiger partial charge is 0.324 e. The van der Waals surface area contributed by atoms with Gasteiger partial charge in [0.2, 0.25) is 0 Å². The summed E-state index contributed by atoms with van der Waals surface area (Å²) in [7, 11) is -3.92. The summed E-state index contributed by atoms with van der Waals surface area (Å²) in [5, 5.41) is 0. The number of hydrogen-bond donors (Lipinski definition) is 1. The highest BCUT2D eigenvalue weighted by Crippen LogP contribution is 2.30. The summed E-state index contributed by atoms with van der Waals surface area (Å²) >= 11 is 0. The molecule has 2 N–H and O–H groups in total. The number of rotatable bonds is 4. The highest BCUT2D eigenvalue weighted by molar-refractivity contribution is 7.90. The predicted octanol–water partition coefficient (Wildman–Crippen LogP) is 2.95. The first kappa shape index (κ1) is 16.4. The fourth-order valence-electron chi connectivity index (χ4n) is 2.39. The summed E-state index contributed by atoms with van der Waals surface area (Å²) in [6.45, 7) is 1.74. The fourth-order valence-corrected chi connectivity index (χ4v) is 3.73. The van der Waals surface area contributed by atoms with Crippen LogP contribution in [0.15, 0.2) is 66.0 Å². The molecule has 1 aromatic carbocycles. The number of benzene rings is 1. The van der Waals surface area contributed by atoms with Gasteiger partial charge >= 0.3 is 0 Å². The Morgan fingerprint density at radius 1 is 1.21 bits per heavy atom. The van der Waals surface area contributed by atoms with Crippen molar-refractivity contribution in [2.45, 2.75) is 17.9 Å². The molecule has 0 aliphatic heterocycles. The maximum absolute atomic E-state index is 14.2. The van der Waals surface area contributed by atoms with Crippen molar-refractivity contribution in [3.63, 3.8) is 0 Å². The quantitative estimate of drug-likeness (QED) is 0.788. The molecule has 124 valence electrons. The fraction of sp³-hybridized carbons (Fsp3) is 0.118. The van der Waals surface area contributed by atoms with Gasteiger partial charge in [-0.1, -0.05) is 12.1 Å². The summed E-state index contributed by atoms with van der Waals surface area (Å²) in [6.07, 6.45) is 4.17. The van der Waals surface area contributed by atoms with Crippen molar-refractivity contribution in [1.82, 2.24) is 8.96 Å². The average molecular weight is 345 g/mol. The van der Waals surface area contributed by atoms with Crippen LogP contribution >= 0.6 is 0 Å². The van der Waals surface area contributed by atoms with Crippen molar-refractivity contribution in [1.29, 1.82) is 0 Å². The van der Waals surface area contributed by atoms with E-state index in [1.807, 2.05) is 0 Å². The van der Waals surface area contributed by atoms with Crippen LogP contribution in [0.3, 0.4) is 0 Å². The monoisotopic (exact) mass is 345 g/mol. The lowest BCUT2D eigenvalue weighted by atomic mass is 10.1. The van der Waals surface area contributed by atoms with E-state index in [0.717, 1.165) is 3.97 Å². The molecule has 7 heteroatoms. The summed E-state index contributed by atoms with van der Waals surface area (Å²) in [5.74, 6) is -0.505. The predicted molar refractivity (Wildman–Crippen MR) is 89.2 cm³/mol. The number of aromatic nitrogens is 2. The molecule has 2 heterocycles. The number of hydrogen-bond acceptors (Lipinski definition) is 4. The Morgan fingerprint density at radius 2 is 1.96 bits per heavy atom. The van der Waals surface area contributed by atoms with Gasteiger partial charge in [-0.25, -0.2) is 16.8 Å². The van der Waals surface area contributed by atoms with E-state index in [2.05, 4.69) is 4.98 Å². The molecule has 0 aliphatic carbocycles. The lowest BCUT2D eigenvalue weighted by Crippen LogP contribution is -2.14. The minimum atomic E-state index is -3.92. The standard InChI is InChI=1S/C17H16FN3O2S/c1-12(19)13-9-17(15-6-2-3-7-16(15)18)21(11-13)24(22,23)14-5-4-8-20-10-14/h2-12H,19H2,1H3. The lowest BCUT2D eigenvalue weighted by Gasteiger charge is -2.11. The lowest BCUT2D eigenvalue weighted by molar-refractivity contribution is 0.587. The van der Waals surface area contributed by atoms with Gasteiger partial charge < -0.3 is 5.73 Å². The van der Waals surface area contributed by atoms with Crippen molar-refractivity contribution >= 4 is 10.0 Å². The molecule has 0 radical (unpaired) electrons. The van der Waals surface area contributed by atoms with Crippen LogP contribution in [0.1, 0.15) is 18.5 Å². The molecule has 0 aliphatic rings. The van der Waals surface area contributed by atoms with E-state index < -0.39 is 15.8 Å². The second-order valence-corrected chi connectivity index (χ2v) is 7.23. The van der Waals surface area contributed by atoms with Gasteiger partial charge in [0, 0.05) is 30.2 Å². The third-order valence-corrected chi connectivity index (χ3v) is 5.33. The molecule has 0 spiro atoms. The van der Waals surface area contributed by atoms with Gasteiger partial charge in [0.25, 0.3) is 10.0 Å². The molecule has 24 heavy (non-hydrogen) atoms. The third kappa shape index (κ3) is 2.83. The van der Waals surface area contributed by atoms with Gasteiger partial charge in [-0.3, -0.25) is 4.98 Å². The normalized spacial score (nSPS) is 13.0. The molecular formula is C17H16FN3O2S. The number of halogens is 1. The molecule has 0 amide bonds. The minimum absolute atomic E-state index is 0.0226. The van der Waals surface area contributed by atoms with Crippen LogP contribution in [0.2, 0.25) is 0 Å². The van der Waals surface area contributed by atoms with Gasteiger partial charge in [-0.05, 0) is 42.8 Å². The van der Waals surface area contributed by atoms with Gasteiger partial charge in [-0.15, -0.1) is 0 Å². The Labute approximate surface area is 139 Å². The summed E-state index contributed by atoms with van der Waals surface area (Å²) in [5.41, 5.74) is 6.90. The molecule has 2 aromatic heterocycles. The average Bonchev–Trinajstić information content (AvgIpc) is 3.02. The Hall–Kier alpha value is -2.51. The Morgan fingerprint density at radius 3 is 2.58 bits per heavy atom. The third-order valence-electron chi connectivity index (χ3n) is 3.67. The van der Waals surface area contributed by atoms with Gasteiger partial charge in [0.05, 0.1) is 5.69 Å². The number of nitrogens with two attached hydrogens (primary N) is 1. The summed E-state index contributed by atoms with van der Waals surface area (Å²) in [6, 6.07) is 10.2. The van der Waals surface area contributed by atoms with Crippen LogP contribution in [-0.4, -0.2) is 17.4 Å². The first-order valence-electron chi connectivity index (χ1n) is 7.29. The van der Waals surface area contributed by atoms with Crippen LogP contribution in [0.5, 0.6) is 0 Å². The topological polar surface area (TPSA) is 78.0 Å². The van der Waals surface area contributed by atoms with E-state index in [1.54, 1.807) is 25.1 Å². The Balaban J connectivity index is 2.27. The van der Waals surface area contributed by atoms with E-state index >= 15 is 0 Å². The van der Waals surface area contributed by atoms with Crippen molar-refractivity contribution in [2.24, 2.45) is 5.73 Å². The van der Waals surface area contributed by atoms with E-state index in [9.17, 15) is 12.8 Å². The zero-order chi connectivity index (χ0) is 17.3. The van der Waals surface area contributed by atoms with Crippen molar-refractivity contribution in [2.75, 3.05) is 0 Å². The van der Waals surface area contributed by atoms with Crippen LogP contribution in [0.25, 0.3) is 11.3 Å². The van der Waals surface area contributed by atoms with Crippen LogP contribution in [0, 0.1) is 5.82 Å². The molecule has 3 rings (SSSR count). The molecule has 0 saturated carbocycles. The van der Waals surface area contributed by atoms with Gasteiger partial charge in [-0.2, -0.15) is 0 Å². The zero-order valence-corrected chi connectivity index (χ0v) is 13.7. The Kier molecular flexibility index (Phi) is 4.21. The number of nitrogens with zero attached hydrogens (tertiary/aromatic N) is 2. The molecule has 1 unspecified atom stereocenters. The minimum Gasteiger partial charge on any atom is -0.324 e. The summed E-state index contributed by atoms with van der Waals surface area (Å²) < 4.78 is 41.1. The maximum Gasteiger partial charge on any atom is 0.269 e. The molecule has 1 atom stereocenters. The van der Waals surface area contributed by atoms with Gasteiger partial charge in [0.1, 0.15) is 10.7 Å². The molecule has 0 saturated heterocycles. The molecule has 0 fully saturated rings. The highest BCUT2D eigenvalue weighted by atomic mass is 32.2. The second kappa shape index (κ2) is 6.18. The van der Waals surface area contributed by atoms with E-state index in [-0.39, 0.29) is 22.2 Å². The molecule has 5 nitrogen and oxygen atoms in total. The van der Waals surface area contributed by atoms with E-state index in [0.29, 0.717) is 5.56 Å². The van der Waals surface area contributed by atoms with Crippen LogP contribution in [-0.2, 0) is 10.0 Å². The Bertz CT molecular complexity index is 967. The molecule has 3 aromatic rings. The van der Waals surface area contributed by atoms with Crippen molar-refractivity contribution in [3.8, 4) is 11.3 Å². The molecule has 0 bridgehead atoms. The maximum atomic E-state index is 14.2. The summed E-state index contributed by atoms with van der Waals surface area (Å²) in [4.78, 5) is 3.87. The first-order chi connectivity index (χ1) is 11.4. The number of pyridine rings is 1. The smallest absolute Gasteiger partial charge is 0.269 e. The second-order valence-electron chi connectivity index (χ2n) is 5.42. The first-order valence-corrected chi connectivity index (χ1v) is 8.73. The highest BCUT2D eigenvalue weighted by Gasteiger charge is 2.24. The van der Waals surface area contributed by atoms with Crippen molar-refractivity contribution in [3.05, 3.63) is 72.4 Å². The van der Waals surface area contributed by atoms with Crippen LogP contribution in [0.4, 0.5) is 4.39 Å². The van der Waals surface area contributed by atoms with E-state index in [1.165, 1.54) is 42.9 Å². The van der Waals surface area contributed by atoms with Crippen LogP contribution < -0.4 is 5.73 Å². The zero-order valence-electron chi connectivity index (χ0n) is 12.9.